The summed E-state index contributed by atoms with van der Waals surface area (Å²) in [6, 6.07) is 7.11. The fraction of sp³-hybridized carbons (Fsp3) is 0.560. The highest BCUT2D eigenvalue weighted by Gasteiger charge is 2.29. The first-order valence-corrected chi connectivity index (χ1v) is 13.9. The van der Waals surface area contributed by atoms with E-state index in [4.69, 9.17) is 9.72 Å². The Bertz CT molecular complexity index is 1380. The molecule has 0 radical (unpaired) electrons. The van der Waals surface area contributed by atoms with Crippen LogP contribution in [0.1, 0.15) is 62.8 Å². The normalized spacial score (nSPS) is 17.4. The van der Waals surface area contributed by atoms with Gasteiger partial charge in [0.2, 0.25) is 0 Å². The number of rotatable bonds is 7. The number of imidazole rings is 1. The molecule has 0 unspecified atom stereocenters. The number of hydrogen-bond donors (Lipinski definition) is 1. The number of carbonyl (C=O) groups excluding carboxylic acids is 1. The number of amides is 1. The second kappa shape index (κ2) is 9.19. The zero-order chi connectivity index (χ0) is 25.7. The minimum Gasteiger partial charge on any atom is -0.381 e. The van der Waals surface area contributed by atoms with Crippen LogP contribution in [0.4, 0.5) is 5.69 Å². The lowest BCUT2D eigenvalue weighted by Gasteiger charge is -2.26. The first-order valence-electron chi connectivity index (χ1n) is 12.5. The molecule has 0 bridgehead atoms. The van der Waals surface area contributed by atoms with Crippen molar-refractivity contribution in [2.75, 3.05) is 24.6 Å². The van der Waals surface area contributed by atoms with Crippen molar-refractivity contribution in [1.82, 2.24) is 24.1 Å². The van der Waals surface area contributed by atoms with Crippen molar-refractivity contribution in [3.8, 4) is 0 Å². The molecule has 2 aromatic heterocycles. The second-order valence-corrected chi connectivity index (χ2v) is 12.6. The van der Waals surface area contributed by atoms with Gasteiger partial charge in [-0.3, -0.25) is 9.10 Å². The predicted octanol–water partition coefficient (Wildman–Crippen LogP) is 3.08. The van der Waals surface area contributed by atoms with Crippen molar-refractivity contribution >= 4 is 32.8 Å². The molecule has 3 heterocycles. The predicted molar refractivity (Wildman–Crippen MR) is 137 cm³/mol. The zero-order valence-corrected chi connectivity index (χ0v) is 22.1. The van der Waals surface area contributed by atoms with E-state index < -0.39 is 10.2 Å². The molecule has 2 aliphatic rings. The van der Waals surface area contributed by atoms with E-state index in [9.17, 15) is 13.2 Å². The molecule has 1 aliphatic heterocycles. The van der Waals surface area contributed by atoms with Gasteiger partial charge in [-0.15, -0.1) is 4.09 Å². The fourth-order valence-electron chi connectivity index (χ4n) is 4.56. The van der Waals surface area contributed by atoms with Crippen LogP contribution in [0, 0.1) is 5.92 Å². The summed E-state index contributed by atoms with van der Waals surface area (Å²) in [6.45, 7) is 8.85. The highest BCUT2D eigenvalue weighted by molar-refractivity contribution is 7.91. The van der Waals surface area contributed by atoms with Gasteiger partial charge < -0.3 is 14.6 Å². The Balaban J connectivity index is 1.44. The summed E-state index contributed by atoms with van der Waals surface area (Å²) in [5.74, 6) is 1.14. The monoisotopic (exact) mass is 514 g/mol. The van der Waals surface area contributed by atoms with Gasteiger partial charge in [-0.25, -0.2) is 4.98 Å². The Labute approximate surface area is 211 Å². The molecule has 36 heavy (non-hydrogen) atoms. The molecule has 0 spiro atoms. The lowest BCUT2D eigenvalue weighted by molar-refractivity contribution is 0.0611. The Hall–Kier alpha value is -2.92. The van der Waals surface area contributed by atoms with Crippen molar-refractivity contribution in [3.05, 3.63) is 42.0 Å². The highest BCUT2D eigenvalue weighted by Crippen LogP contribution is 2.31. The Morgan fingerprint density at radius 3 is 2.56 bits per heavy atom. The molecule has 1 aliphatic carbocycles. The summed E-state index contributed by atoms with van der Waals surface area (Å²) in [6.07, 6.45) is 5.22. The third-order valence-electron chi connectivity index (χ3n) is 6.84. The molecule has 1 amide bonds. The molecule has 1 saturated carbocycles. The highest BCUT2D eigenvalue weighted by atomic mass is 32.2. The molecule has 194 valence electrons. The van der Waals surface area contributed by atoms with E-state index in [2.05, 4.69) is 35.8 Å². The molecule has 0 atom stereocenters. The van der Waals surface area contributed by atoms with E-state index >= 15 is 0 Å². The van der Waals surface area contributed by atoms with Crippen molar-refractivity contribution in [2.45, 2.75) is 64.5 Å². The van der Waals surface area contributed by atoms with Crippen molar-refractivity contribution in [2.24, 2.45) is 5.92 Å². The van der Waals surface area contributed by atoms with Crippen LogP contribution >= 0.6 is 0 Å². The quantitative estimate of drug-likeness (QED) is 0.519. The van der Waals surface area contributed by atoms with E-state index in [1.54, 1.807) is 12.1 Å². The number of fused-ring (bicyclic) bond motifs is 1. The lowest BCUT2D eigenvalue weighted by atomic mass is 9.94. The van der Waals surface area contributed by atoms with E-state index in [0.717, 1.165) is 70.7 Å². The van der Waals surface area contributed by atoms with Crippen LogP contribution in [0.15, 0.2) is 30.5 Å². The van der Waals surface area contributed by atoms with Crippen molar-refractivity contribution in [3.63, 3.8) is 0 Å². The number of nitrogens with one attached hydrogen (secondary N) is 1. The van der Waals surface area contributed by atoms with E-state index in [1.807, 2.05) is 6.07 Å². The molecule has 1 saturated heterocycles. The van der Waals surface area contributed by atoms with Gasteiger partial charge in [0.15, 0.2) is 5.69 Å². The number of anilines is 1. The maximum Gasteiger partial charge on any atom is 0.345 e. The maximum absolute atomic E-state index is 13.3. The zero-order valence-electron chi connectivity index (χ0n) is 21.3. The maximum atomic E-state index is 13.3. The van der Waals surface area contributed by atoms with Crippen LogP contribution in [0.3, 0.4) is 0 Å². The minimum atomic E-state index is -4.03. The largest absolute Gasteiger partial charge is 0.381 e. The average molecular weight is 515 g/mol. The summed E-state index contributed by atoms with van der Waals surface area (Å²) in [5, 5.41) is 6.86. The van der Waals surface area contributed by atoms with Crippen molar-refractivity contribution < 1.29 is 17.9 Å². The second-order valence-electron chi connectivity index (χ2n) is 10.8. The van der Waals surface area contributed by atoms with E-state index in [1.165, 1.54) is 19.3 Å². The summed E-state index contributed by atoms with van der Waals surface area (Å²) in [7, 11) is -2.55. The number of ether oxygens (including phenoxy) is 1. The van der Waals surface area contributed by atoms with Crippen LogP contribution < -0.4 is 9.62 Å². The van der Waals surface area contributed by atoms with Gasteiger partial charge in [-0.2, -0.15) is 13.5 Å². The van der Waals surface area contributed by atoms with Crippen LogP contribution in [-0.4, -0.2) is 59.4 Å². The summed E-state index contributed by atoms with van der Waals surface area (Å²) in [4.78, 5) is 17.2. The van der Waals surface area contributed by atoms with Gasteiger partial charge in [0, 0.05) is 44.5 Å². The number of aromatic nitrogens is 4. The number of carbonyl (C=O) groups is 1. The molecular formula is C25H34N6O4S. The summed E-state index contributed by atoms with van der Waals surface area (Å²) >= 11 is 0. The number of benzene rings is 1. The average Bonchev–Trinajstić information content (AvgIpc) is 3.36. The number of nitrogens with zero attached hydrogens (tertiary/aromatic N) is 5. The third kappa shape index (κ3) is 4.86. The van der Waals surface area contributed by atoms with Crippen LogP contribution in [0.5, 0.6) is 0 Å². The molecule has 3 aromatic rings. The SMILES string of the molecule is CN(c1ccc2c(c1)nc(C(C)(C)C)n2CC1CCOCC1)S(=O)(=O)n1ccc(C(=O)NC2CC2)n1. The lowest BCUT2D eigenvalue weighted by Crippen LogP contribution is -2.33. The molecular weight excluding hydrogens is 480 g/mol. The summed E-state index contributed by atoms with van der Waals surface area (Å²) in [5.41, 5.74) is 2.11. The molecule has 1 N–H and O–H groups in total. The number of hydrogen-bond acceptors (Lipinski definition) is 6. The first-order chi connectivity index (χ1) is 17.0. The van der Waals surface area contributed by atoms with Gasteiger partial charge in [0.05, 0.1) is 16.7 Å². The van der Waals surface area contributed by atoms with Gasteiger partial charge in [0.1, 0.15) is 5.82 Å². The first kappa shape index (κ1) is 24.8. The van der Waals surface area contributed by atoms with Gasteiger partial charge in [-0.05, 0) is 55.9 Å². The molecule has 11 heteroatoms. The summed E-state index contributed by atoms with van der Waals surface area (Å²) < 4.78 is 36.4. The van der Waals surface area contributed by atoms with Crippen LogP contribution in [0.2, 0.25) is 0 Å². The van der Waals surface area contributed by atoms with Crippen LogP contribution in [0.25, 0.3) is 11.0 Å². The molecule has 10 nitrogen and oxygen atoms in total. The fourth-order valence-corrected chi connectivity index (χ4v) is 5.60. The van der Waals surface area contributed by atoms with Crippen molar-refractivity contribution in [1.29, 1.82) is 0 Å². The minimum absolute atomic E-state index is 0.0796. The topological polar surface area (TPSA) is 111 Å². The van der Waals surface area contributed by atoms with E-state index in [-0.39, 0.29) is 23.1 Å². The Kier molecular flexibility index (Phi) is 6.32. The Morgan fingerprint density at radius 1 is 1.17 bits per heavy atom. The molecule has 1 aromatic carbocycles. The van der Waals surface area contributed by atoms with Gasteiger partial charge >= 0.3 is 10.2 Å². The van der Waals surface area contributed by atoms with Crippen LogP contribution in [-0.2, 0) is 26.9 Å². The van der Waals surface area contributed by atoms with E-state index in [0.29, 0.717) is 11.6 Å². The smallest absolute Gasteiger partial charge is 0.345 e. The van der Waals surface area contributed by atoms with Gasteiger partial charge in [-0.1, -0.05) is 20.8 Å². The van der Waals surface area contributed by atoms with Gasteiger partial charge in [0.25, 0.3) is 5.91 Å². The third-order valence-corrected chi connectivity index (χ3v) is 8.42. The Morgan fingerprint density at radius 2 is 1.89 bits per heavy atom. The standard InChI is InChI=1S/C25H34N6O4S/c1-25(2,3)24-27-21-15-19(7-8-22(21)30(24)16-17-10-13-35-14-11-17)29(4)36(33,34)31-12-9-20(28-31)23(32)26-18-5-6-18/h7-9,12,15,17-18H,5-6,10-11,13-14,16H2,1-4H3,(H,26,32). The molecule has 5 rings (SSSR count). The molecule has 2 fully saturated rings.